The number of hydrogen-bond donors (Lipinski definition) is 1. The second kappa shape index (κ2) is 12.7. The highest BCUT2D eigenvalue weighted by molar-refractivity contribution is 6.12. The molecule has 1 saturated heterocycles. The van der Waals surface area contributed by atoms with Crippen LogP contribution in [0.3, 0.4) is 0 Å². The number of allylic oxidation sites excluding steroid dienone is 6. The lowest BCUT2D eigenvalue weighted by Crippen LogP contribution is -2.55. The summed E-state index contributed by atoms with van der Waals surface area (Å²) in [7, 11) is 0. The molecule has 2 aromatic heterocycles. The highest BCUT2D eigenvalue weighted by atomic mass is 19.1. The Kier molecular flexibility index (Phi) is 9.12. The molecule has 1 N–H and O–H groups in total. The van der Waals surface area contributed by atoms with E-state index in [0.717, 1.165) is 10.6 Å². The number of carbonyl (C=O) groups excluding carboxylic acids is 2. The Morgan fingerprint density at radius 2 is 1.60 bits per heavy atom. The fraction of sp³-hybridized carbons (Fsp3) is 0.455. The SMILES string of the molecule is CC(C)c1ncnc(C(C)C)c1-n1c2c(c(N3CCN(C(=O)OC(C)(C)C)C[C@@H]3C)nc1=O)C=C(F)/C(=C1\C=C(F)C=C(F)C1=O)N2O. The van der Waals surface area contributed by atoms with Crippen LogP contribution in [0.1, 0.15) is 84.2 Å². The van der Waals surface area contributed by atoms with Gasteiger partial charge in [0.05, 0.1) is 28.2 Å². The number of rotatable bonds is 4. The van der Waals surface area contributed by atoms with Gasteiger partial charge in [0.1, 0.15) is 29.3 Å². The van der Waals surface area contributed by atoms with Crippen molar-refractivity contribution in [3.8, 4) is 5.69 Å². The molecule has 3 aliphatic rings. The molecule has 1 aliphatic carbocycles. The van der Waals surface area contributed by atoms with Crippen LogP contribution in [0.5, 0.6) is 0 Å². The predicted octanol–water partition coefficient (Wildman–Crippen LogP) is 5.78. The summed E-state index contributed by atoms with van der Waals surface area (Å²) in [4.78, 5) is 56.3. The minimum Gasteiger partial charge on any atom is -0.444 e. The van der Waals surface area contributed by atoms with E-state index in [0.29, 0.717) is 23.5 Å². The van der Waals surface area contributed by atoms with E-state index in [1.807, 2.05) is 27.7 Å². The summed E-state index contributed by atoms with van der Waals surface area (Å²) < 4.78 is 51.5. The molecule has 4 heterocycles. The first kappa shape index (κ1) is 34.5. The van der Waals surface area contributed by atoms with Crippen LogP contribution in [-0.4, -0.2) is 72.8 Å². The smallest absolute Gasteiger partial charge is 0.410 e. The monoisotopic (exact) mass is 669 g/mol. The molecular weight excluding hydrogens is 631 g/mol. The minimum atomic E-state index is -1.49. The number of carbonyl (C=O) groups is 2. The Bertz CT molecular complexity index is 1850. The number of hydroxylamine groups is 1. The first-order valence-electron chi connectivity index (χ1n) is 15.6. The van der Waals surface area contributed by atoms with Crippen LogP contribution in [0.25, 0.3) is 11.8 Å². The number of anilines is 2. The highest BCUT2D eigenvalue weighted by Crippen LogP contribution is 2.43. The molecule has 0 spiro atoms. The van der Waals surface area contributed by atoms with E-state index in [4.69, 9.17) is 4.74 Å². The van der Waals surface area contributed by atoms with Crippen molar-refractivity contribution < 1.29 is 32.7 Å². The maximum Gasteiger partial charge on any atom is 0.410 e. The van der Waals surface area contributed by atoms with Crippen molar-refractivity contribution in [1.29, 1.82) is 0 Å². The molecule has 256 valence electrons. The normalized spacial score (nSPS) is 20.2. The van der Waals surface area contributed by atoms with Crippen LogP contribution in [0.15, 0.2) is 52.0 Å². The zero-order valence-corrected chi connectivity index (χ0v) is 28.0. The molecule has 1 fully saturated rings. The maximum atomic E-state index is 16.1. The van der Waals surface area contributed by atoms with E-state index < -0.39 is 58.0 Å². The molecule has 0 unspecified atom stereocenters. The minimum absolute atomic E-state index is 0.0161. The first-order valence-corrected chi connectivity index (χ1v) is 15.6. The average molecular weight is 670 g/mol. The molecule has 15 heteroatoms. The zero-order valence-electron chi connectivity index (χ0n) is 28.0. The van der Waals surface area contributed by atoms with Crippen molar-refractivity contribution in [2.45, 2.75) is 78.9 Å². The van der Waals surface area contributed by atoms with Gasteiger partial charge in [-0.25, -0.2) is 42.4 Å². The first-order chi connectivity index (χ1) is 22.4. The standard InChI is InChI=1S/C33H38F3N7O5/c1-16(2)24-27(25(17(3)4)38-15-37-24)42-30-21(13-22(35)26(43(30)47)20-11-19(34)12-23(36)28(20)44)29(39-31(42)45)41-10-9-40(14-18(41)5)32(46)48-33(6,7)8/h11-13,15-18,47H,9-10,14H2,1-8H3/b26-20-/t18-/m0/s1. The van der Waals surface area contributed by atoms with Gasteiger partial charge in [-0.1, -0.05) is 27.7 Å². The Morgan fingerprint density at radius 3 is 2.17 bits per heavy atom. The molecule has 0 radical (unpaired) electrons. The molecule has 0 aromatic carbocycles. The number of ether oxygens (including phenoxy) is 1. The van der Waals surface area contributed by atoms with Gasteiger partial charge in [-0.05, 0) is 51.7 Å². The van der Waals surface area contributed by atoms with Crippen molar-refractivity contribution in [2.24, 2.45) is 0 Å². The van der Waals surface area contributed by atoms with Gasteiger partial charge in [-0.3, -0.25) is 10.0 Å². The predicted molar refractivity (Wildman–Crippen MR) is 172 cm³/mol. The summed E-state index contributed by atoms with van der Waals surface area (Å²) in [6.45, 7) is 14.9. The van der Waals surface area contributed by atoms with Crippen LogP contribution in [0.2, 0.25) is 0 Å². The van der Waals surface area contributed by atoms with Crippen LogP contribution in [0, 0.1) is 0 Å². The molecule has 0 saturated carbocycles. The maximum absolute atomic E-state index is 16.1. The zero-order chi connectivity index (χ0) is 35.4. The topological polar surface area (TPSA) is 134 Å². The fourth-order valence-electron chi connectivity index (χ4n) is 5.90. The van der Waals surface area contributed by atoms with E-state index in [1.54, 1.807) is 32.6 Å². The second-order valence-electron chi connectivity index (χ2n) is 13.5. The van der Waals surface area contributed by atoms with Crippen LogP contribution in [0.4, 0.5) is 29.6 Å². The number of halogens is 3. The van der Waals surface area contributed by atoms with Gasteiger partial charge in [-0.2, -0.15) is 4.98 Å². The second-order valence-corrected chi connectivity index (χ2v) is 13.5. The van der Waals surface area contributed by atoms with E-state index >= 15 is 4.39 Å². The Morgan fingerprint density at radius 1 is 0.979 bits per heavy atom. The van der Waals surface area contributed by atoms with Crippen molar-refractivity contribution in [2.75, 3.05) is 29.6 Å². The Labute approximate surface area is 275 Å². The number of aromatic nitrogens is 4. The summed E-state index contributed by atoms with van der Waals surface area (Å²) >= 11 is 0. The largest absolute Gasteiger partial charge is 0.444 e. The van der Waals surface area contributed by atoms with Gasteiger partial charge in [-0.15, -0.1) is 0 Å². The molecule has 2 aliphatic heterocycles. The van der Waals surface area contributed by atoms with E-state index in [2.05, 4.69) is 15.0 Å². The lowest BCUT2D eigenvalue weighted by molar-refractivity contribution is -0.113. The van der Waals surface area contributed by atoms with Crippen LogP contribution < -0.4 is 15.7 Å². The van der Waals surface area contributed by atoms with E-state index in [9.17, 15) is 28.4 Å². The van der Waals surface area contributed by atoms with Crippen molar-refractivity contribution >= 4 is 29.6 Å². The van der Waals surface area contributed by atoms with Gasteiger partial charge in [0.2, 0.25) is 5.78 Å². The van der Waals surface area contributed by atoms with Gasteiger partial charge in [0.25, 0.3) is 0 Å². The van der Waals surface area contributed by atoms with Crippen LogP contribution >= 0.6 is 0 Å². The molecular formula is C33H38F3N7O5. The number of piperazine rings is 1. The average Bonchev–Trinajstić information content (AvgIpc) is 2.98. The number of amides is 1. The number of nitrogens with zero attached hydrogens (tertiary/aromatic N) is 7. The van der Waals surface area contributed by atoms with Gasteiger partial charge < -0.3 is 14.5 Å². The number of fused-ring (bicyclic) bond motifs is 1. The third-order valence-electron chi connectivity index (χ3n) is 8.01. The number of ketones is 1. The van der Waals surface area contributed by atoms with E-state index in [-0.39, 0.29) is 59.4 Å². The quantitative estimate of drug-likeness (QED) is 0.400. The summed E-state index contributed by atoms with van der Waals surface area (Å²) in [5.41, 5.74) is -2.33. The van der Waals surface area contributed by atoms with Crippen LogP contribution in [-0.2, 0) is 9.53 Å². The third-order valence-corrected chi connectivity index (χ3v) is 8.01. The molecule has 2 aromatic rings. The Hall–Kier alpha value is -4.79. The third kappa shape index (κ3) is 6.25. The lowest BCUT2D eigenvalue weighted by atomic mass is 9.98. The van der Waals surface area contributed by atoms with Crippen molar-refractivity contribution in [1.82, 2.24) is 24.4 Å². The molecule has 48 heavy (non-hydrogen) atoms. The summed E-state index contributed by atoms with van der Waals surface area (Å²) in [5, 5.41) is 12.0. The van der Waals surface area contributed by atoms with Gasteiger partial charge >= 0.3 is 11.8 Å². The summed E-state index contributed by atoms with van der Waals surface area (Å²) in [6, 6.07) is -0.463. The van der Waals surface area contributed by atoms with Gasteiger partial charge in [0.15, 0.2) is 17.5 Å². The molecule has 1 amide bonds. The molecule has 12 nitrogen and oxygen atoms in total. The summed E-state index contributed by atoms with van der Waals surface area (Å²) in [6.07, 6.45) is 2.75. The molecule has 5 rings (SSSR count). The van der Waals surface area contributed by atoms with Crippen molar-refractivity contribution in [3.05, 3.63) is 74.7 Å². The lowest BCUT2D eigenvalue weighted by Gasteiger charge is -2.42. The number of Topliss-reactive ketones (excluding diaryl/α,β-unsaturated/α-hetero) is 1. The van der Waals surface area contributed by atoms with Gasteiger partial charge in [0, 0.05) is 31.8 Å². The Balaban J connectivity index is 1.77. The fourth-order valence-corrected chi connectivity index (χ4v) is 5.90. The molecule has 0 bridgehead atoms. The summed E-state index contributed by atoms with van der Waals surface area (Å²) in [5.74, 6) is -6.12. The number of hydrogen-bond acceptors (Lipinski definition) is 10. The molecule has 1 atom stereocenters. The highest BCUT2D eigenvalue weighted by Gasteiger charge is 2.39. The van der Waals surface area contributed by atoms with Crippen molar-refractivity contribution in [3.63, 3.8) is 0 Å². The van der Waals surface area contributed by atoms with E-state index in [1.165, 1.54) is 11.2 Å².